The lowest BCUT2D eigenvalue weighted by atomic mass is 10.2. The van der Waals surface area contributed by atoms with Crippen molar-refractivity contribution in [2.24, 2.45) is 0 Å². The number of carbonyl (C=O) groups excluding carboxylic acids is 1. The zero-order valence-electron chi connectivity index (χ0n) is 16.0. The maximum absolute atomic E-state index is 12.4. The number of carbonyl (C=O) groups is 1. The van der Waals surface area contributed by atoms with Gasteiger partial charge in [-0.1, -0.05) is 17.7 Å². The van der Waals surface area contributed by atoms with Gasteiger partial charge in [0.05, 0.1) is 12.6 Å². The van der Waals surface area contributed by atoms with Crippen LogP contribution in [0.25, 0.3) is 0 Å². The number of amides is 2. The van der Waals surface area contributed by atoms with E-state index in [0.29, 0.717) is 6.61 Å². The Hall–Kier alpha value is -2.61. The number of benzene rings is 1. The summed E-state index contributed by atoms with van der Waals surface area (Å²) in [6.45, 7) is 9.39. The normalized spacial score (nSPS) is 16.1. The van der Waals surface area contributed by atoms with E-state index in [1.807, 2.05) is 47.7 Å². The molecule has 2 amide bonds. The van der Waals surface area contributed by atoms with Crippen LogP contribution in [0, 0.1) is 6.92 Å². The van der Waals surface area contributed by atoms with Gasteiger partial charge in [-0.2, -0.15) is 5.10 Å². The van der Waals surface area contributed by atoms with E-state index in [1.165, 1.54) is 5.56 Å². The van der Waals surface area contributed by atoms with Gasteiger partial charge < -0.3 is 15.0 Å². The summed E-state index contributed by atoms with van der Waals surface area (Å²) < 4.78 is 7.57. The first-order valence-corrected chi connectivity index (χ1v) is 9.40. The molecule has 146 valence electrons. The second kappa shape index (κ2) is 9.36. The lowest BCUT2D eigenvalue weighted by Gasteiger charge is -2.35. The van der Waals surface area contributed by atoms with E-state index >= 15 is 0 Å². The van der Waals surface area contributed by atoms with Gasteiger partial charge in [-0.05, 0) is 26.0 Å². The Morgan fingerprint density at radius 1 is 1.19 bits per heavy atom. The van der Waals surface area contributed by atoms with Crippen LogP contribution >= 0.6 is 0 Å². The Balaban J connectivity index is 1.34. The molecular weight excluding hydrogens is 344 g/mol. The van der Waals surface area contributed by atoms with Crippen LogP contribution in [0.4, 0.5) is 4.79 Å². The fourth-order valence-corrected chi connectivity index (χ4v) is 2.97. The van der Waals surface area contributed by atoms with Gasteiger partial charge in [0, 0.05) is 32.7 Å². The van der Waals surface area contributed by atoms with Crippen molar-refractivity contribution in [2.45, 2.75) is 26.4 Å². The number of ether oxygens (including phenoxy) is 1. The molecule has 1 aliphatic heterocycles. The molecule has 0 saturated carbocycles. The molecule has 1 atom stereocenters. The number of aryl methyl sites for hydroxylation is 1. The van der Waals surface area contributed by atoms with Crippen molar-refractivity contribution >= 4 is 6.03 Å². The molecule has 8 nitrogen and oxygen atoms in total. The van der Waals surface area contributed by atoms with Crippen LogP contribution < -0.4 is 10.1 Å². The number of aromatic nitrogens is 3. The minimum Gasteiger partial charge on any atom is -0.491 e. The monoisotopic (exact) mass is 372 g/mol. The summed E-state index contributed by atoms with van der Waals surface area (Å²) in [4.78, 5) is 20.6. The molecule has 1 aliphatic rings. The molecule has 2 aromatic rings. The van der Waals surface area contributed by atoms with E-state index in [-0.39, 0.29) is 12.1 Å². The Labute approximate surface area is 160 Å². The zero-order valence-corrected chi connectivity index (χ0v) is 16.0. The van der Waals surface area contributed by atoms with Crippen LogP contribution in [-0.4, -0.2) is 76.0 Å². The van der Waals surface area contributed by atoms with E-state index in [1.54, 1.807) is 12.7 Å². The van der Waals surface area contributed by atoms with Gasteiger partial charge in [0.1, 0.15) is 25.0 Å². The van der Waals surface area contributed by atoms with Gasteiger partial charge in [0.2, 0.25) is 0 Å². The molecule has 8 heteroatoms. The Bertz CT molecular complexity index is 695. The molecule has 3 rings (SSSR count). The minimum atomic E-state index is -0.0517. The molecule has 0 spiro atoms. The van der Waals surface area contributed by atoms with Crippen molar-refractivity contribution in [3.63, 3.8) is 0 Å². The number of nitrogens with zero attached hydrogens (tertiary/aromatic N) is 5. The summed E-state index contributed by atoms with van der Waals surface area (Å²) >= 11 is 0. The van der Waals surface area contributed by atoms with Crippen LogP contribution in [0.1, 0.15) is 12.5 Å². The van der Waals surface area contributed by atoms with Gasteiger partial charge in [0.25, 0.3) is 0 Å². The number of nitrogens with one attached hydrogen (secondary N) is 1. The number of piperazine rings is 1. The molecule has 1 saturated heterocycles. The summed E-state index contributed by atoms with van der Waals surface area (Å²) in [5.74, 6) is 0.822. The Morgan fingerprint density at radius 2 is 1.93 bits per heavy atom. The number of hydrogen-bond acceptors (Lipinski definition) is 5. The zero-order chi connectivity index (χ0) is 19.1. The Kier molecular flexibility index (Phi) is 6.64. The predicted octanol–water partition coefficient (Wildman–Crippen LogP) is 1.38. The number of rotatable bonds is 7. The standard InChI is InChI=1S/C19H28N6O2/c1-16-3-5-18(6-4-16)27-13-17(2)22-19(26)24-10-7-23(8-11-24)9-12-25-15-20-14-21-25/h3-6,14-15,17H,7-13H2,1-2H3,(H,22,26)/t17-/m1/s1. The molecule has 2 heterocycles. The molecule has 0 unspecified atom stereocenters. The summed E-state index contributed by atoms with van der Waals surface area (Å²) in [5.41, 5.74) is 1.20. The van der Waals surface area contributed by atoms with Crippen molar-refractivity contribution in [1.82, 2.24) is 29.9 Å². The lowest BCUT2D eigenvalue weighted by Crippen LogP contribution is -2.54. The van der Waals surface area contributed by atoms with Crippen LogP contribution in [0.5, 0.6) is 5.75 Å². The van der Waals surface area contributed by atoms with E-state index in [9.17, 15) is 4.79 Å². The van der Waals surface area contributed by atoms with Crippen molar-refractivity contribution in [1.29, 1.82) is 0 Å². The highest BCUT2D eigenvalue weighted by Crippen LogP contribution is 2.11. The number of urea groups is 1. The lowest BCUT2D eigenvalue weighted by molar-refractivity contribution is 0.132. The molecule has 1 aromatic carbocycles. The molecule has 1 aromatic heterocycles. The second-order valence-electron chi connectivity index (χ2n) is 6.96. The van der Waals surface area contributed by atoms with Gasteiger partial charge in [0.15, 0.2) is 0 Å². The quantitative estimate of drug-likeness (QED) is 0.795. The third-order valence-corrected chi connectivity index (χ3v) is 4.66. The highest BCUT2D eigenvalue weighted by Gasteiger charge is 2.22. The minimum absolute atomic E-state index is 0.0223. The fraction of sp³-hybridized carbons (Fsp3) is 0.526. The smallest absolute Gasteiger partial charge is 0.317 e. The first kappa shape index (κ1) is 19.2. The predicted molar refractivity (Wildman–Crippen MR) is 103 cm³/mol. The molecule has 0 bridgehead atoms. The maximum atomic E-state index is 12.4. The van der Waals surface area contributed by atoms with Gasteiger partial charge >= 0.3 is 6.03 Å². The third kappa shape index (κ3) is 5.96. The average Bonchev–Trinajstić information content (AvgIpc) is 3.20. The molecule has 0 radical (unpaired) electrons. The summed E-state index contributed by atoms with van der Waals surface area (Å²) in [5, 5.41) is 7.13. The third-order valence-electron chi connectivity index (χ3n) is 4.66. The second-order valence-corrected chi connectivity index (χ2v) is 6.96. The van der Waals surface area contributed by atoms with E-state index in [2.05, 4.69) is 20.3 Å². The average molecular weight is 372 g/mol. The van der Waals surface area contributed by atoms with Crippen molar-refractivity contribution < 1.29 is 9.53 Å². The summed E-state index contributed by atoms with van der Waals surface area (Å²) in [6, 6.07) is 7.85. The number of hydrogen-bond donors (Lipinski definition) is 1. The maximum Gasteiger partial charge on any atom is 0.317 e. The van der Waals surface area contributed by atoms with Crippen molar-refractivity contribution in [2.75, 3.05) is 39.3 Å². The van der Waals surface area contributed by atoms with E-state index in [4.69, 9.17) is 4.74 Å². The van der Waals surface area contributed by atoms with Crippen molar-refractivity contribution in [3.8, 4) is 5.75 Å². The molecule has 1 N–H and O–H groups in total. The molecular formula is C19H28N6O2. The van der Waals surface area contributed by atoms with Crippen LogP contribution in [0.15, 0.2) is 36.9 Å². The first-order valence-electron chi connectivity index (χ1n) is 9.40. The molecule has 27 heavy (non-hydrogen) atoms. The highest BCUT2D eigenvalue weighted by molar-refractivity contribution is 5.74. The van der Waals surface area contributed by atoms with Crippen molar-refractivity contribution in [3.05, 3.63) is 42.5 Å². The topological polar surface area (TPSA) is 75.5 Å². The van der Waals surface area contributed by atoms with Gasteiger partial charge in [-0.3, -0.25) is 9.58 Å². The van der Waals surface area contributed by atoms with E-state index < -0.39 is 0 Å². The summed E-state index contributed by atoms with van der Waals surface area (Å²) in [7, 11) is 0. The first-order chi connectivity index (χ1) is 13.1. The van der Waals surface area contributed by atoms with Crippen LogP contribution in [0.2, 0.25) is 0 Å². The fourth-order valence-electron chi connectivity index (χ4n) is 2.97. The highest BCUT2D eigenvalue weighted by atomic mass is 16.5. The van der Waals surface area contributed by atoms with Crippen LogP contribution in [0.3, 0.4) is 0 Å². The Morgan fingerprint density at radius 3 is 2.59 bits per heavy atom. The van der Waals surface area contributed by atoms with Gasteiger partial charge in [-0.25, -0.2) is 9.78 Å². The SMILES string of the molecule is Cc1ccc(OC[C@@H](C)NC(=O)N2CCN(CCn3cncn3)CC2)cc1. The largest absolute Gasteiger partial charge is 0.491 e. The summed E-state index contributed by atoms with van der Waals surface area (Å²) in [6.07, 6.45) is 3.27. The molecule has 1 fully saturated rings. The van der Waals surface area contributed by atoms with Crippen LogP contribution in [-0.2, 0) is 6.54 Å². The van der Waals surface area contributed by atoms with E-state index in [0.717, 1.165) is 45.0 Å². The van der Waals surface area contributed by atoms with Gasteiger partial charge in [-0.15, -0.1) is 0 Å². The molecule has 0 aliphatic carbocycles.